The Balaban J connectivity index is 1.99. The van der Waals surface area contributed by atoms with Gasteiger partial charge in [0.2, 0.25) is 0 Å². The van der Waals surface area contributed by atoms with Crippen LogP contribution in [-0.4, -0.2) is 5.54 Å². The lowest BCUT2D eigenvalue weighted by atomic mass is 9.83. The van der Waals surface area contributed by atoms with Gasteiger partial charge >= 0.3 is 0 Å². The van der Waals surface area contributed by atoms with E-state index in [2.05, 4.69) is 28.2 Å². The molecule has 0 bridgehead atoms. The van der Waals surface area contributed by atoms with E-state index in [0.717, 1.165) is 12.1 Å². The number of hydrogen-bond acceptors (Lipinski definition) is 1. The zero-order valence-electron chi connectivity index (χ0n) is 10.2. The summed E-state index contributed by atoms with van der Waals surface area (Å²) in [6.45, 7) is 3.01. The van der Waals surface area contributed by atoms with Crippen molar-refractivity contribution >= 4 is 15.9 Å². The molecule has 0 spiro atoms. The maximum atomic E-state index is 13.4. The lowest BCUT2D eigenvalue weighted by Gasteiger charge is -2.35. The van der Waals surface area contributed by atoms with Crippen molar-refractivity contribution in [2.24, 2.45) is 0 Å². The first-order valence-corrected chi connectivity index (χ1v) is 7.08. The monoisotopic (exact) mass is 299 g/mol. The molecule has 1 saturated carbocycles. The van der Waals surface area contributed by atoms with Crippen LogP contribution >= 0.6 is 15.9 Å². The molecule has 0 atom stereocenters. The van der Waals surface area contributed by atoms with Crippen LogP contribution in [0.2, 0.25) is 0 Å². The van der Waals surface area contributed by atoms with E-state index in [1.807, 2.05) is 6.07 Å². The number of hydrogen-bond donors (Lipinski definition) is 1. The fourth-order valence-corrected chi connectivity index (χ4v) is 2.91. The lowest BCUT2D eigenvalue weighted by Crippen LogP contribution is -2.43. The molecule has 1 aliphatic rings. The Hall–Kier alpha value is -0.410. The Morgan fingerprint density at radius 1 is 1.29 bits per heavy atom. The van der Waals surface area contributed by atoms with Crippen molar-refractivity contribution < 1.29 is 4.39 Å². The maximum absolute atomic E-state index is 13.4. The molecular weight excluding hydrogens is 281 g/mol. The van der Waals surface area contributed by atoms with Crippen molar-refractivity contribution in [3.8, 4) is 0 Å². The number of rotatable bonds is 3. The fourth-order valence-electron chi connectivity index (χ4n) is 2.50. The van der Waals surface area contributed by atoms with Gasteiger partial charge in [0.15, 0.2) is 0 Å². The molecular formula is C14H19BrFN. The van der Waals surface area contributed by atoms with E-state index in [0.29, 0.717) is 4.47 Å². The van der Waals surface area contributed by atoms with Crippen molar-refractivity contribution in [1.29, 1.82) is 0 Å². The van der Waals surface area contributed by atoms with Crippen LogP contribution in [0.3, 0.4) is 0 Å². The summed E-state index contributed by atoms with van der Waals surface area (Å²) in [5.74, 6) is -0.182. The van der Waals surface area contributed by atoms with Gasteiger partial charge in [-0.25, -0.2) is 4.39 Å². The molecule has 17 heavy (non-hydrogen) atoms. The minimum atomic E-state index is -0.182. The largest absolute Gasteiger partial charge is 0.307 e. The number of nitrogens with one attached hydrogen (secondary N) is 1. The first-order chi connectivity index (χ1) is 8.11. The second-order valence-corrected chi connectivity index (χ2v) is 5.98. The molecule has 1 aliphatic carbocycles. The molecule has 0 heterocycles. The smallest absolute Gasteiger partial charge is 0.137 e. The molecule has 0 aromatic heterocycles. The third kappa shape index (κ3) is 3.29. The van der Waals surface area contributed by atoms with Crippen molar-refractivity contribution in [1.82, 2.24) is 5.32 Å². The Bertz CT molecular complexity index is 386. The maximum Gasteiger partial charge on any atom is 0.137 e. The Morgan fingerprint density at radius 2 is 2.00 bits per heavy atom. The molecule has 1 aromatic rings. The summed E-state index contributed by atoms with van der Waals surface area (Å²) < 4.78 is 14.0. The van der Waals surface area contributed by atoms with Gasteiger partial charge < -0.3 is 5.32 Å². The van der Waals surface area contributed by atoms with E-state index in [-0.39, 0.29) is 11.4 Å². The van der Waals surface area contributed by atoms with Gasteiger partial charge in [-0.05, 0) is 47.3 Å². The predicted molar refractivity (Wildman–Crippen MR) is 72.4 cm³/mol. The minimum Gasteiger partial charge on any atom is -0.307 e. The summed E-state index contributed by atoms with van der Waals surface area (Å²) in [6.07, 6.45) is 6.39. The van der Waals surface area contributed by atoms with Crippen LogP contribution in [0, 0.1) is 5.82 Å². The van der Waals surface area contributed by atoms with Gasteiger partial charge in [0.05, 0.1) is 4.47 Å². The van der Waals surface area contributed by atoms with Crippen LogP contribution in [-0.2, 0) is 6.54 Å². The normalized spacial score (nSPS) is 19.2. The molecule has 0 saturated heterocycles. The van der Waals surface area contributed by atoms with E-state index in [1.165, 1.54) is 38.2 Å². The molecule has 1 fully saturated rings. The molecule has 0 unspecified atom stereocenters. The van der Waals surface area contributed by atoms with Gasteiger partial charge in [0, 0.05) is 12.1 Å². The standard InChI is InChI=1S/C14H19BrFN/c1-14(8-3-2-4-9-14)17-10-11-6-5-7-12(16)13(11)15/h5-7,17H,2-4,8-10H2,1H3. The number of halogens is 2. The van der Waals surface area contributed by atoms with Crippen molar-refractivity contribution in [2.45, 2.75) is 51.1 Å². The fraction of sp³-hybridized carbons (Fsp3) is 0.571. The van der Waals surface area contributed by atoms with Crippen molar-refractivity contribution in [3.63, 3.8) is 0 Å². The number of benzene rings is 1. The molecule has 94 valence electrons. The summed E-state index contributed by atoms with van der Waals surface area (Å²) in [5.41, 5.74) is 1.22. The van der Waals surface area contributed by atoms with E-state index < -0.39 is 0 Å². The molecule has 0 radical (unpaired) electrons. The highest BCUT2D eigenvalue weighted by Gasteiger charge is 2.25. The van der Waals surface area contributed by atoms with E-state index >= 15 is 0 Å². The average Bonchev–Trinajstić information content (AvgIpc) is 2.32. The quantitative estimate of drug-likeness (QED) is 0.872. The van der Waals surface area contributed by atoms with E-state index in [4.69, 9.17) is 0 Å². The third-order valence-electron chi connectivity index (χ3n) is 3.69. The summed E-state index contributed by atoms with van der Waals surface area (Å²) in [5, 5.41) is 3.59. The lowest BCUT2D eigenvalue weighted by molar-refractivity contribution is 0.252. The van der Waals surface area contributed by atoms with Crippen molar-refractivity contribution in [3.05, 3.63) is 34.1 Å². The summed E-state index contributed by atoms with van der Waals surface area (Å²) in [6, 6.07) is 5.21. The topological polar surface area (TPSA) is 12.0 Å². The van der Waals surface area contributed by atoms with E-state index in [9.17, 15) is 4.39 Å². The molecule has 3 heteroatoms. The summed E-state index contributed by atoms with van der Waals surface area (Å²) in [7, 11) is 0. The van der Waals surface area contributed by atoms with Gasteiger partial charge in [0.1, 0.15) is 5.82 Å². The predicted octanol–water partition coefficient (Wildman–Crippen LogP) is 4.40. The second kappa shape index (κ2) is 5.49. The first-order valence-electron chi connectivity index (χ1n) is 6.29. The Kier molecular flexibility index (Phi) is 4.21. The highest BCUT2D eigenvalue weighted by atomic mass is 79.9. The zero-order chi connectivity index (χ0) is 12.3. The summed E-state index contributed by atoms with van der Waals surface area (Å²) in [4.78, 5) is 0. The average molecular weight is 300 g/mol. The Morgan fingerprint density at radius 3 is 2.71 bits per heavy atom. The van der Waals surface area contributed by atoms with Crippen LogP contribution in [0.15, 0.2) is 22.7 Å². The minimum absolute atomic E-state index is 0.182. The highest BCUT2D eigenvalue weighted by molar-refractivity contribution is 9.10. The molecule has 1 nitrogen and oxygen atoms in total. The molecule has 1 N–H and O–H groups in total. The third-order valence-corrected chi connectivity index (χ3v) is 4.58. The summed E-state index contributed by atoms with van der Waals surface area (Å²) >= 11 is 3.31. The van der Waals surface area contributed by atoms with Crippen LogP contribution in [0.5, 0.6) is 0 Å². The molecule has 1 aromatic carbocycles. The van der Waals surface area contributed by atoms with Gasteiger partial charge in [-0.2, -0.15) is 0 Å². The highest BCUT2D eigenvalue weighted by Crippen LogP contribution is 2.28. The van der Waals surface area contributed by atoms with Gasteiger partial charge in [-0.3, -0.25) is 0 Å². The second-order valence-electron chi connectivity index (χ2n) is 5.19. The van der Waals surface area contributed by atoms with E-state index in [1.54, 1.807) is 6.07 Å². The van der Waals surface area contributed by atoms with Crippen LogP contribution in [0.1, 0.15) is 44.6 Å². The van der Waals surface area contributed by atoms with Crippen molar-refractivity contribution in [2.75, 3.05) is 0 Å². The van der Waals surface area contributed by atoms with Crippen LogP contribution in [0.25, 0.3) is 0 Å². The van der Waals surface area contributed by atoms with Gasteiger partial charge in [-0.15, -0.1) is 0 Å². The van der Waals surface area contributed by atoms with Gasteiger partial charge in [-0.1, -0.05) is 31.4 Å². The molecule has 0 amide bonds. The molecule has 0 aliphatic heterocycles. The molecule has 2 rings (SSSR count). The first kappa shape index (κ1) is 13.0. The Labute approximate surface area is 111 Å². The van der Waals surface area contributed by atoms with Gasteiger partial charge in [0.25, 0.3) is 0 Å². The van der Waals surface area contributed by atoms with Crippen LogP contribution < -0.4 is 5.32 Å². The SMILES string of the molecule is CC1(NCc2cccc(F)c2Br)CCCCC1. The zero-order valence-corrected chi connectivity index (χ0v) is 11.8. The van der Waals surface area contributed by atoms with Crippen LogP contribution in [0.4, 0.5) is 4.39 Å².